The van der Waals surface area contributed by atoms with Gasteiger partial charge in [0.05, 0.1) is 25.0 Å². The Labute approximate surface area is 131 Å². The Morgan fingerprint density at radius 3 is 3.04 bits per heavy atom. The largest absolute Gasteiger partial charge is 0.368 e. The van der Waals surface area contributed by atoms with Gasteiger partial charge in [-0.2, -0.15) is 15.4 Å². The Morgan fingerprint density at radius 1 is 1.26 bits per heavy atom. The highest BCUT2D eigenvalue weighted by Crippen LogP contribution is 2.21. The number of carbonyl (C=O) groups is 1. The van der Waals surface area contributed by atoms with Crippen molar-refractivity contribution in [1.29, 1.82) is 0 Å². The first-order chi connectivity index (χ1) is 11.3. The van der Waals surface area contributed by atoms with Crippen LogP contribution in [0.15, 0.2) is 36.8 Å². The molecule has 0 bridgehead atoms. The molecule has 1 atom stereocenters. The van der Waals surface area contributed by atoms with Gasteiger partial charge in [-0.05, 0) is 18.2 Å². The van der Waals surface area contributed by atoms with E-state index < -0.39 is 0 Å². The smallest absolute Gasteiger partial charge is 0.254 e. The standard InChI is InChI=1S/C15H14N6O2/c22-15(10-1-2-11-12(7-10)19-20-18-11)21-5-6-23-14(9-21)13-8-16-3-4-17-13/h1-4,7-8,14H,5-6,9H2,(H,18,19,20)/t14-/m1/s1. The summed E-state index contributed by atoms with van der Waals surface area (Å²) in [5.74, 6) is -0.0490. The highest BCUT2D eigenvalue weighted by molar-refractivity contribution is 5.97. The minimum atomic E-state index is -0.253. The predicted molar refractivity (Wildman–Crippen MR) is 80.5 cm³/mol. The summed E-state index contributed by atoms with van der Waals surface area (Å²) < 4.78 is 5.71. The lowest BCUT2D eigenvalue weighted by molar-refractivity contribution is -0.0248. The maximum atomic E-state index is 12.7. The average Bonchev–Trinajstić information content (AvgIpc) is 3.09. The van der Waals surface area contributed by atoms with Gasteiger partial charge in [0.25, 0.3) is 5.91 Å². The number of amides is 1. The molecule has 0 radical (unpaired) electrons. The van der Waals surface area contributed by atoms with E-state index in [0.29, 0.717) is 30.8 Å². The van der Waals surface area contributed by atoms with E-state index in [1.807, 2.05) is 0 Å². The van der Waals surface area contributed by atoms with Gasteiger partial charge in [-0.1, -0.05) is 0 Å². The van der Waals surface area contributed by atoms with Gasteiger partial charge in [0, 0.05) is 24.5 Å². The minimum absolute atomic E-state index is 0.0490. The number of morpholine rings is 1. The molecule has 1 saturated heterocycles. The number of aromatic nitrogens is 5. The van der Waals surface area contributed by atoms with E-state index in [0.717, 1.165) is 11.2 Å². The van der Waals surface area contributed by atoms with Crippen LogP contribution in [0.5, 0.6) is 0 Å². The number of hydrogen-bond donors (Lipinski definition) is 1. The van der Waals surface area contributed by atoms with Gasteiger partial charge in [-0.3, -0.25) is 14.8 Å². The van der Waals surface area contributed by atoms with E-state index in [1.165, 1.54) is 0 Å². The first kappa shape index (κ1) is 13.8. The van der Waals surface area contributed by atoms with Crippen LogP contribution in [-0.2, 0) is 4.74 Å². The van der Waals surface area contributed by atoms with Crippen molar-refractivity contribution in [2.24, 2.45) is 0 Å². The fraction of sp³-hybridized carbons (Fsp3) is 0.267. The molecule has 1 aliphatic rings. The lowest BCUT2D eigenvalue weighted by Gasteiger charge is -2.32. The average molecular weight is 310 g/mol. The van der Waals surface area contributed by atoms with Crippen molar-refractivity contribution in [1.82, 2.24) is 30.3 Å². The second kappa shape index (κ2) is 5.73. The van der Waals surface area contributed by atoms with Crippen LogP contribution >= 0.6 is 0 Å². The van der Waals surface area contributed by atoms with Gasteiger partial charge in [0.1, 0.15) is 17.1 Å². The van der Waals surface area contributed by atoms with Crippen molar-refractivity contribution in [2.75, 3.05) is 19.7 Å². The number of carbonyl (C=O) groups excluding carboxylic acids is 1. The van der Waals surface area contributed by atoms with Crippen LogP contribution in [0.2, 0.25) is 0 Å². The highest BCUT2D eigenvalue weighted by Gasteiger charge is 2.27. The van der Waals surface area contributed by atoms with E-state index >= 15 is 0 Å². The van der Waals surface area contributed by atoms with Crippen molar-refractivity contribution in [3.05, 3.63) is 48.0 Å². The van der Waals surface area contributed by atoms with E-state index in [2.05, 4.69) is 25.4 Å². The van der Waals surface area contributed by atoms with E-state index in [9.17, 15) is 4.79 Å². The summed E-state index contributed by atoms with van der Waals surface area (Å²) in [5, 5.41) is 10.6. The van der Waals surface area contributed by atoms with Crippen LogP contribution in [-0.4, -0.2) is 55.9 Å². The van der Waals surface area contributed by atoms with Crippen molar-refractivity contribution in [3.8, 4) is 0 Å². The molecule has 1 N–H and O–H groups in total. The second-order valence-electron chi connectivity index (χ2n) is 5.27. The topological polar surface area (TPSA) is 96.9 Å². The van der Waals surface area contributed by atoms with Crippen LogP contribution in [0.3, 0.4) is 0 Å². The number of aromatic amines is 1. The van der Waals surface area contributed by atoms with Crippen LogP contribution in [0.4, 0.5) is 0 Å². The molecule has 1 amide bonds. The summed E-state index contributed by atoms with van der Waals surface area (Å²) in [7, 11) is 0. The van der Waals surface area contributed by atoms with Crippen molar-refractivity contribution >= 4 is 16.9 Å². The zero-order chi connectivity index (χ0) is 15.6. The van der Waals surface area contributed by atoms with Crippen LogP contribution in [0, 0.1) is 0 Å². The van der Waals surface area contributed by atoms with Gasteiger partial charge >= 0.3 is 0 Å². The molecule has 23 heavy (non-hydrogen) atoms. The number of rotatable bonds is 2. The van der Waals surface area contributed by atoms with Crippen LogP contribution < -0.4 is 0 Å². The number of nitrogens with one attached hydrogen (secondary N) is 1. The second-order valence-corrected chi connectivity index (χ2v) is 5.27. The maximum Gasteiger partial charge on any atom is 0.254 e. The number of hydrogen-bond acceptors (Lipinski definition) is 6. The molecule has 3 heterocycles. The molecule has 0 spiro atoms. The summed E-state index contributed by atoms with van der Waals surface area (Å²) in [4.78, 5) is 22.8. The number of H-pyrrole nitrogens is 1. The third kappa shape index (κ3) is 2.64. The Hall–Kier alpha value is -2.87. The number of ether oxygens (including phenoxy) is 1. The summed E-state index contributed by atoms with van der Waals surface area (Å²) in [5.41, 5.74) is 2.73. The molecule has 1 fully saturated rings. The summed E-state index contributed by atoms with van der Waals surface area (Å²) in [6.45, 7) is 1.47. The molecule has 3 aromatic rings. The third-order valence-electron chi connectivity index (χ3n) is 3.83. The van der Waals surface area contributed by atoms with E-state index in [4.69, 9.17) is 4.74 Å². The molecule has 1 aliphatic heterocycles. The Kier molecular flexibility index (Phi) is 3.43. The Bertz CT molecular complexity index is 834. The monoisotopic (exact) mass is 310 g/mol. The van der Waals surface area contributed by atoms with Crippen molar-refractivity contribution in [2.45, 2.75) is 6.10 Å². The molecule has 0 saturated carbocycles. The molecule has 1 aromatic carbocycles. The van der Waals surface area contributed by atoms with E-state index in [-0.39, 0.29) is 12.0 Å². The van der Waals surface area contributed by atoms with Gasteiger partial charge in [0.15, 0.2) is 0 Å². The van der Waals surface area contributed by atoms with Gasteiger partial charge in [0.2, 0.25) is 0 Å². The quantitative estimate of drug-likeness (QED) is 0.757. The molecule has 0 unspecified atom stereocenters. The molecule has 2 aromatic heterocycles. The molecule has 8 heteroatoms. The fourth-order valence-corrected chi connectivity index (χ4v) is 2.65. The third-order valence-corrected chi connectivity index (χ3v) is 3.83. The van der Waals surface area contributed by atoms with Crippen molar-refractivity contribution < 1.29 is 9.53 Å². The number of nitrogens with zero attached hydrogens (tertiary/aromatic N) is 5. The lowest BCUT2D eigenvalue weighted by Crippen LogP contribution is -2.42. The molecule has 116 valence electrons. The van der Waals surface area contributed by atoms with E-state index in [1.54, 1.807) is 41.7 Å². The molecule has 4 rings (SSSR count). The van der Waals surface area contributed by atoms with Gasteiger partial charge < -0.3 is 9.64 Å². The number of fused-ring (bicyclic) bond motifs is 1. The molecular weight excluding hydrogens is 296 g/mol. The maximum absolute atomic E-state index is 12.7. The summed E-state index contributed by atoms with van der Waals surface area (Å²) in [6.07, 6.45) is 4.65. The summed E-state index contributed by atoms with van der Waals surface area (Å²) >= 11 is 0. The molecule has 8 nitrogen and oxygen atoms in total. The molecule has 0 aliphatic carbocycles. The SMILES string of the molecule is O=C(c1ccc2n[nH]nc2c1)N1CCO[C@@H](c2cnccn2)C1. The van der Waals surface area contributed by atoms with Gasteiger partial charge in [-0.25, -0.2) is 0 Å². The van der Waals surface area contributed by atoms with Crippen molar-refractivity contribution in [3.63, 3.8) is 0 Å². The number of benzene rings is 1. The van der Waals surface area contributed by atoms with Crippen LogP contribution in [0.25, 0.3) is 11.0 Å². The Morgan fingerprint density at radius 2 is 2.17 bits per heavy atom. The molecular formula is C15H14N6O2. The zero-order valence-corrected chi connectivity index (χ0v) is 12.2. The summed E-state index contributed by atoms with van der Waals surface area (Å²) in [6, 6.07) is 5.29. The zero-order valence-electron chi connectivity index (χ0n) is 12.2. The first-order valence-corrected chi connectivity index (χ1v) is 7.28. The highest BCUT2D eigenvalue weighted by atomic mass is 16.5. The Balaban J connectivity index is 1.55. The predicted octanol–water partition coefficient (Wildman–Crippen LogP) is 0.962. The fourth-order valence-electron chi connectivity index (χ4n) is 2.65. The van der Waals surface area contributed by atoms with Gasteiger partial charge in [-0.15, -0.1) is 0 Å². The minimum Gasteiger partial charge on any atom is -0.368 e. The van der Waals surface area contributed by atoms with Crippen LogP contribution in [0.1, 0.15) is 22.2 Å². The lowest BCUT2D eigenvalue weighted by atomic mass is 10.1. The normalized spacial score (nSPS) is 18.3. The first-order valence-electron chi connectivity index (χ1n) is 7.28.